The van der Waals surface area contributed by atoms with Crippen molar-refractivity contribution in [1.29, 1.82) is 0 Å². The molecule has 3 aliphatic rings. The van der Waals surface area contributed by atoms with Gasteiger partial charge in [0.25, 0.3) is 0 Å². The summed E-state index contributed by atoms with van der Waals surface area (Å²) in [6.07, 6.45) is -2.96. The van der Waals surface area contributed by atoms with E-state index in [0.29, 0.717) is 12.8 Å². The molecule has 3 fully saturated rings. The van der Waals surface area contributed by atoms with Crippen LogP contribution in [0.2, 0.25) is 0 Å². The predicted molar refractivity (Wildman–Crippen MR) is 121 cm³/mol. The molecule has 9 heteroatoms. The molecular weight excluding hydrogens is 426 g/mol. The molecule has 10 atom stereocenters. The van der Waals surface area contributed by atoms with Gasteiger partial charge in [-0.15, -0.1) is 0 Å². The second-order valence-corrected chi connectivity index (χ2v) is 9.89. The number of aryl methyl sites for hydroxylation is 1. The molecule has 1 heterocycles. The fourth-order valence-corrected chi connectivity index (χ4v) is 5.64. The minimum Gasteiger partial charge on any atom is -0.390 e. The van der Waals surface area contributed by atoms with E-state index in [1.165, 1.54) is 0 Å². The average Bonchev–Trinajstić information content (AvgIpc) is 2.76. The molecule has 4 rings (SSSR count). The zero-order valence-corrected chi connectivity index (χ0v) is 19.7. The van der Waals surface area contributed by atoms with Gasteiger partial charge in [-0.1, -0.05) is 36.8 Å². The first kappa shape index (κ1) is 24.5. The summed E-state index contributed by atoms with van der Waals surface area (Å²) in [5.74, 6) is -1.80. The molecule has 0 aromatic heterocycles. The number of hydrogen-bond donors (Lipinski definition) is 6. The van der Waals surface area contributed by atoms with E-state index in [1.54, 1.807) is 14.1 Å². The minimum atomic E-state index is -1.77. The van der Waals surface area contributed by atoms with Crippen LogP contribution < -0.4 is 16.0 Å². The van der Waals surface area contributed by atoms with Crippen LogP contribution in [-0.4, -0.2) is 89.8 Å². The van der Waals surface area contributed by atoms with Crippen molar-refractivity contribution in [1.82, 2.24) is 16.0 Å². The molecule has 1 amide bonds. The van der Waals surface area contributed by atoms with Gasteiger partial charge in [-0.3, -0.25) is 4.79 Å². The van der Waals surface area contributed by atoms with E-state index in [1.807, 2.05) is 38.1 Å². The van der Waals surface area contributed by atoms with Crippen molar-refractivity contribution in [2.75, 3.05) is 14.1 Å². The molecule has 0 unspecified atom stereocenters. The Hall–Kier alpha value is -1.59. The number of carbonyl (C=O) groups is 1. The third-order valence-electron chi connectivity index (χ3n) is 7.47. The molecule has 0 bridgehead atoms. The highest BCUT2D eigenvalue weighted by molar-refractivity contribution is 5.79. The Morgan fingerprint density at radius 2 is 1.73 bits per heavy atom. The zero-order valence-electron chi connectivity index (χ0n) is 19.7. The number of nitrogens with one attached hydrogen (secondary N) is 3. The number of aliphatic hydroxyl groups is 3. The van der Waals surface area contributed by atoms with E-state index in [9.17, 15) is 20.1 Å². The minimum absolute atomic E-state index is 0.173. The summed E-state index contributed by atoms with van der Waals surface area (Å²) < 4.78 is 12.5. The third kappa shape index (κ3) is 4.55. The standard InChI is InChI=1S/C24H37N3O6/c1-12-5-7-14(8-6-12)11-17(28)27-15-9-13(2)10-16-24(15,31)33-22-19(26-4)20(29)18(25-3)21(30)23(22)32-16/h5-8,13,15-16,18-23,25-26,29-31H,9-11H2,1-4H3,(H,27,28)/t13-,15-,16-,18-,19+,20+,21+,22-,23-,24+/m1/s1. The maximum atomic E-state index is 12.9. The number of benzene rings is 1. The van der Waals surface area contributed by atoms with Crippen molar-refractivity contribution in [2.24, 2.45) is 5.92 Å². The number of fused-ring (bicyclic) bond motifs is 2. The van der Waals surface area contributed by atoms with Crippen LogP contribution in [0.3, 0.4) is 0 Å². The highest BCUT2D eigenvalue weighted by atomic mass is 16.7. The highest BCUT2D eigenvalue weighted by Gasteiger charge is 2.62. The predicted octanol–water partition coefficient (Wildman–Crippen LogP) is -0.795. The third-order valence-corrected chi connectivity index (χ3v) is 7.47. The number of ether oxygens (including phenoxy) is 2. The smallest absolute Gasteiger partial charge is 0.224 e. The zero-order chi connectivity index (χ0) is 23.9. The summed E-state index contributed by atoms with van der Waals surface area (Å²) in [7, 11) is 3.37. The lowest BCUT2D eigenvalue weighted by Crippen LogP contribution is -2.78. The second-order valence-electron chi connectivity index (χ2n) is 9.89. The Morgan fingerprint density at radius 3 is 2.36 bits per heavy atom. The summed E-state index contributed by atoms with van der Waals surface area (Å²) in [6.45, 7) is 4.04. The van der Waals surface area contributed by atoms with Crippen LogP contribution in [-0.2, 0) is 20.7 Å². The van der Waals surface area contributed by atoms with Gasteiger partial charge in [0, 0.05) is 0 Å². The fraction of sp³-hybridized carbons (Fsp3) is 0.708. The van der Waals surface area contributed by atoms with Crippen LogP contribution in [0.4, 0.5) is 0 Å². The van der Waals surface area contributed by atoms with E-state index < -0.39 is 54.4 Å². The second kappa shape index (κ2) is 9.58. The normalized spacial score (nSPS) is 42.8. The van der Waals surface area contributed by atoms with E-state index in [4.69, 9.17) is 9.47 Å². The van der Waals surface area contributed by atoms with Gasteiger partial charge in [0.2, 0.25) is 11.7 Å². The molecule has 1 aromatic carbocycles. The Labute approximate surface area is 194 Å². The van der Waals surface area contributed by atoms with Crippen molar-refractivity contribution in [3.63, 3.8) is 0 Å². The fourth-order valence-electron chi connectivity index (χ4n) is 5.64. The van der Waals surface area contributed by atoms with E-state index in [-0.39, 0.29) is 18.2 Å². The largest absolute Gasteiger partial charge is 0.390 e. The van der Waals surface area contributed by atoms with Crippen LogP contribution in [0.15, 0.2) is 24.3 Å². The van der Waals surface area contributed by atoms with Crippen molar-refractivity contribution in [3.8, 4) is 0 Å². The lowest BCUT2D eigenvalue weighted by Gasteiger charge is -2.58. The quantitative estimate of drug-likeness (QED) is 0.335. The summed E-state index contributed by atoms with van der Waals surface area (Å²) >= 11 is 0. The van der Waals surface area contributed by atoms with E-state index >= 15 is 0 Å². The van der Waals surface area contributed by atoms with Gasteiger partial charge in [0.15, 0.2) is 0 Å². The lowest BCUT2D eigenvalue weighted by atomic mass is 9.75. The number of carbonyl (C=O) groups excluding carboxylic acids is 1. The Kier molecular flexibility index (Phi) is 7.12. The monoisotopic (exact) mass is 463 g/mol. The van der Waals surface area contributed by atoms with Crippen molar-refractivity contribution < 1.29 is 29.6 Å². The first-order valence-electron chi connectivity index (χ1n) is 11.8. The summed E-state index contributed by atoms with van der Waals surface area (Å²) in [6, 6.07) is 5.89. The molecule has 0 spiro atoms. The summed E-state index contributed by atoms with van der Waals surface area (Å²) in [5, 5.41) is 42.3. The molecule has 6 N–H and O–H groups in total. The van der Waals surface area contributed by atoms with E-state index in [0.717, 1.165) is 11.1 Å². The van der Waals surface area contributed by atoms with Gasteiger partial charge in [-0.05, 0) is 45.3 Å². The van der Waals surface area contributed by atoms with Crippen molar-refractivity contribution in [3.05, 3.63) is 35.4 Å². The maximum absolute atomic E-state index is 12.9. The van der Waals surface area contributed by atoms with Crippen LogP contribution in [0, 0.1) is 12.8 Å². The topological polar surface area (TPSA) is 132 Å². The van der Waals surface area contributed by atoms with Crippen LogP contribution >= 0.6 is 0 Å². The Bertz CT molecular complexity index is 838. The average molecular weight is 464 g/mol. The Balaban J connectivity index is 1.55. The lowest BCUT2D eigenvalue weighted by molar-refractivity contribution is -0.392. The van der Waals surface area contributed by atoms with Crippen LogP contribution in [0.25, 0.3) is 0 Å². The van der Waals surface area contributed by atoms with E-state index in [2.05, 4.69) is 16.0 Å². The van der Waals surface area contributed by atoms with Crippen LogP contribution in [0.5, 0.6) is 0 Å². The maximum Gasteiger partial charge on any atom is 0.224 e. The summed E-state index contributed by atoms with van der Waals surface area (Å²) in [5.41, 5.74) is 2.01. The van der Waals surface area contributed by atoms with Gasteiger partial charge in [-0.2, -0.15) is 0 Å². The van der Waals surface area contributed by atoms with Gasteiger partial charge in [-0.25, -0.2) is 0 Å². The highest BCUT2D eigenvalue weighted by Crippen LogP contribution is 2.44. The first-order chi connectivity index (χ1) is 15.7. The first-order valence-corrected chi connectivity index (χ1v) is 11.8. The van der Waals surface area contributed by atoms with Gasteiger partial charge in [0.05, 0.1) is 30.7 Å². The van der Waals surface area contributed by atoms with Gasteiger partial charge >= 0.3 is 0 Å². The molecule has 9 nitrogen and oxygen atoms in total. The number of hydrogen-bond acceptors (Lipinski definition) is 8. The van der Waals surface area contributed by atoms with Crippen molar-refractivity contribution >= 4 is 5.91 Å². The molecule has 184 valence electrons. The molecule has 2 saturated carbocycles. The number of likely N-dealkylation sites (N-methyl/N-ethyl adjacent to an activating group) is 2. The SMILES string of the molecule is CN[C@@H]1[C@H](O)[C@H](NC)[C@H]2O[C@@]3(O)[C@H](NC(=O)Cc4ccc(C)cc4)C[C@@H](C)C[C@H]3O[C@@H]2[C@H]1O. The molecular formula is C24H37N3O6. The van der Waals surface area contributed by atoms with Crippen LogP contribution in [0.1, 0.15) is 30.9 Å². The molecule has 0 radical (unpaired) electrons. The molecule has 1 aliphatic heterocycles. The molecule has 33 heavy (non-hydrogen) atoms. The number of aliphatic hydroxyl groups excluding tert-OH is 2. The summed E-state index contributed by atoms with van der Waals surface area (Å²) in [4.78, 5) is 12.9. The Morgan fingerprint density at radius 1 is 1.06 bits per heavy atom. The van der Waals surface area contributed by atoms with Gasteiger partial charge < -0.3 is 40.7 Å². The molecule has 1 aromatic rings. The molecule has 1 saturated heterocycles. The number of amides is 1. The molecule has 2 aliphatic carbocycles. The van der Waals surface area contributed by atoms with Gasteiger partial charge in [0.1, 0.15) is 24.4 Å². The van der Waals surface area contributed by atoms with Crippen molar-refractivity contribution in [2.45, 2.75) is 87.5 Å². The number of rotatable bonds is 5.